The third kappa shape index (κ3) is 6.39. The maximum Gasteiger partial charge on any atom is 0.416 e. The summed E-state index contributed by atoms with van der Waals surface area (Å²) in [6, 6.07) is 11.1. The summed E-state index contributed by atoms with van der Waals surface area (Å²) in [5.41, 5.74) is 4.29. The number of halogens is 3. The number of allylic oxidation sites excluding steroid dienone is 1. The van der Waals surface area contributed by atoms with Crippen molar-refractivity contribution >= 4 is 17.7 Å². The van der Waals surface area contributed by atoms with Crippen LogP contribution in [0.4, 0.5) is 18.9 Å². The summed E-state index contributed by atoms with van der Waals surface area (Å²) >= 11 is 0. The molecule has 0 spiro atoms. The van der Waals surface area contributed by atoms with E-state index >= 15 is 0 Å². The SMILES string of the molecule is Cc1ccc(C(=O)Nc2ccc(CN3CCN(C)CC3)c(C(F)(F)F)c2)cc1C#Cc1cnc2c(c1)C=CC2. The van der Waals surface area contributed by atoms with Crippen LogP contribution in [0.15, 0.2) is 54.7 Å². The number of aryl methyl sites for hydroxylation is 1. The zero-order valence-corrected chi connectivity index (χ0v) is 21.9. The van der Waals surface area contributed by atoms with Gasteiger partial charge in [-0.2, -0.15) is 13.2 Å². The zero-order chi connectivity index (χ0) is 27.6. The largest absolute Gasteiger partial charge is 0.416 e. The Kier molecular flexibility index (Phi) is 7.56. The number of anilines is 1. The lowest BCUT2D eigenvalue weighted by Crippen LogP contribution is -2.44. The second-order valence-electron chi connectivity index (χ2n) is 10.0. The average molecular weight is 531 g/mol. The fourth-order valence-electron chi connectivity index (χ4n) is 4.73. The standard InChI is InChI=1S/C31H29F3N4O/c1-21-6-8-25(17-23(21)9-7-22-16-24-4-3-5-29(24)35-19-22)30(39)36-27-11-10-26(28(18-27)31(32,33)34)20-38-14-12-37(2)13-15-38/h3-4,6,8,10-11,16-19H,5,12-15,20H2,1-2H3,(H,36,39). The number of rotatable bonds is 4. The minimum atomic E-state index is -4.53. The fourth-order valence-corrected chi connectivity index (χ4v) is 4.73. The van der Waals surface area contributed by atoms with Gasteiger partial charge in [0.05, 0.1) is 11.3 Å². The van der Waals surface area contributed by atoms with E-state index in [1.54, 1.807) is 24.4 Å². The van der Waals surface area contributed by atoms with Gasteiger partial charge in [-0.1, -0.05) is 36.1 Å². The molecule has 2 aromatic carbocycles. The molecule has 2 aliphatic rings. The average Bonchev–Trinajstić information content (AvgIpc) is 3.38. The molecule has 1 aromatic heterocycles. The third-order valence-corrected chi connectivity index (χ3v) is 7.12. The van der Waals surface area contributed by atoms with E-state index < -0.39 is 17.6 Å². The molecule has 0 bridgehead atoms. The Bertz CT molecular complexity index is 1490. The molecule has 0 radical (unpaired) electrons. The molecule has 1 aliphatic heterocycles. The van der Waals surface area contributed by atoms with Crippen LogP contribution in [0, 0.1) is 18.8 Å². The molecule has 1 N–H and O–H groups in total. The summed E-state index contributed by atoms with van der Waals surface area (Å²) in [5.74, 6) is 5.71. The normalized spacial score (nSPS) is 15.5. The maximum atomic E-state index is 13.9. The first-order chi connectivity index (χ1) is 18.7. The summed E-state index contributed by atoms with van der Waals surface area (Å²) in [4.78, 5) is 21.6. The van der Waals surface area contributed by atoms with Crippen molar-refractivity contribution in [1.82, 2.24) is 14.8 Å². The molecule has 0 unspecified atom stereocenters. The predicted octanol–water partition coefficient (Wildman–Crippen LogP) is 5.38. The van der Waals surface area contributed by atoms with Crippen LogP contribution in [-0.2, 0) is 19.1 Å². The van der Waals surface area contributed by atoms with Crippen molar-refractivity contribution in [1.29, 1.82) is 0 Å². The lowest BCUT2D eigenvalue weighted by atomic mass is 10.0. The van der Waals surface area contributed by atoms with Gasteiger partial charge in [-0.05, 0) is 61.0 Å². The van der Waals surface area contributed by atoms with Crippen molar-refractivity contribution < 1.29 is 18.0 Å². The quantitative estimate of drug-likeness (QED) is 0.461. The molecule has 1 fully saturated rings. The number of nitrogens with one attached hydrogen (secondary N) is 1. The van der Waals surface area contributed by atoms with Crippen LogP contribution in [0.5, 0.6) is 0 Å². The summed E-state index contributed by atoms with van der Waals surface area (Å²) in [6.45, 7) is 5.17. The minimum Gasteiger partial charge on any atom is -0.322 e. The van der Waals surface area contributed by atoms with E-state index in [-0.39, 0.29) is 17.8 Å². The highest BCUT2D eigenvalue weighted by molar-refractivity contribution is 6.04. The number of alkyl halides is 3. The van der Waals surface area contributed by atoms with Gasteiger partial charge in [0.25, 0.3) is 5.91 Å². The van der Waals surface area contributed by atoms with Crippen LogP contribution in [0.2, 0.25) is 0 Å². The molecule has 2 heterocycles. The van der Waals surface area contributed by atoms with E-state index in [2.05, 4.69) is 33.1 Å². The number of carbonyl (C=O) groups is 1. The van der Waals surface area contributed by atoms with Gasteiger partial charge in [-0.25, -0.2) is 0 Å². The van der Waals surface area contributed by atoms with Crippen LogP contribution in [0.1, 0.15) is 49.4 Å². The molecule has 1 saturated heterocycles. The number of pyridine rings is 1. The second kappa shape index (κ2) is 11.0. The number of hydrogen-bond acceptors (Lipinski definition) is 4. The highest BCUT2D eigenvalue weighted by atomic mass is 19.4. The van der Waals surface area contributed by atoms with E-state index in [4.69, 9.17) is 0 Å². The first kappa shape index (κ1) is 26.7. The van der Waals surface area contributed by atoms with Gasteiger partial charge in [-0.3, -0.25) is 14.7 Å². The van der Waals surface area contributed by atoms with Gasteiger partial charge in [0.1, 0.15) is 0 Å². The molecule has 5 rings (SSSR count). The summed E-state index contributed by atoms with van der Waals surface area (Å²) in [6.07, 6.45) is 2.10. The fraction of sp³-hybridized carbons (Fsp3) is 0.290. The van der Waals surface area contributed by atoms with Crippen molar-refractivity contribution in [3.8, 4) is 11.8 Å². The van der Waals surface area contributed by atoms with Gasteiger partial charge >= 0.3 is 6.18 Å². The second-order valence-corrected chi connectivity index (χ2v) is 10.0. The van der Waals surface area contributed by atoms with Gasteiger partial charge in [0.15, 0.2) is 0 Å². The molecule has 3 aromatic rings. The minimum absolute atomic E-state index is 0.0972. The lowest BCUT2D eigenvalue weighted by molar-refractivity contribution is -0.138. The van der Waals surface area contributed by atoms with Crippen molar-refractivity contribution in [3.63, 3.8) is 0 Å². The molecule has 1 aliphatic carbocycles. The number of amides is 1. The van der Waals surface area contributed by atoms with Crippen molar-refractivity contribution in [2.45, 2.75) is 26.1 Å². The van der Waals surface area contributed by atoms with Crippen LogP contribution < -0.4 is 5.32 Å². The maximum absolute atomic E-state index is 13.9. The van der Waals surface area contributed by atoms with E-state index in [0.29, 0.717) is 24.2 Å². The highest BCUT2D eigenvalue weighted by Crippen LogP contribution is 2.34. The number of aromatic nitrogens is 1. The summed E-state index contributed by atoms with van der Waals surface area (Å²) < 4.78 is 41.8. The van der Waals surface area contributed by atoms with Crippen LogP contribution >= 0.6 is 0 Å². The smallest absolute Gasteiger partial charge is 0.322 e. The Morgan fingerprint density at radius 1 is 1.05 bits per heavy atom. The van der Waals surface area contributed by atoms with E-state index in [1.807, 2.05) is 31.0 Å². The first-order valence-corrected chi connectivity index (χ1v) is 12.9. The van der Waals surface area contributed by atoms with Gasteiger partial charge in [-0.15, -0.1) is 0 Å². The van der Waals surface area contributed by atoms with Gasteiger partial charge in [0.2, 0.25) is 0 Å². The molecule has 0 saturated carbocycles. The monoisotopic (exact) mass is 530 g/mol. The lowest BCUT2D eigenvalue weighted by Gasteiger charge is -2.33. The highest BCUT2D eigenvalue weighted by Gasteiger charge is 2.34. The molecule has 5 nitrogen and oxygen atoms in total. The van der Waals surface area contributed by atoms with Crippen molar-refractivity contribution in [3.05, 3.63) is 99.4 Å². The Balaban J connectivity index is 1.33. The van der Waals surface area contributed by atoms with Crippen LogP contribution in [0.3, 0.4) is 0 Å². The van der Waals surface area contributed by atoms with Crippen LogP contribution in [-0.4, -0.2) is 53.9 Å². The van der Waals surface area contributed by atoms with Crippen molar-refractivity contribution in [2.75, 3.05) is 38.5 Å². The molecule has 200 valence electrons. The molecular weight excluding hydrogens is 501 g/mol. The summed E-state index contributed by atoms with van der Waals surface area (Å²) in [5, 5.41) is 2.63. The Morgan fingerprint density at radius 3 is 2.62 bits per heavy atom. The number of nitrogens with zero attached hydrogens (tertiary/aromatic N) is 3. The molecule has 1 amide bonds. The molecular formula is C31H29F3N4O. The number of carbonyl (C=O) groups excluding carboxylic acids is 1. The van der Waals surface area contributed by atoms with E-state index in [9.17, 15) is 18.0 Å². The summed E-state index contributed by atoms with van der Waals surface area (Å²) in [7, 11) is 2.00. The molecule has 8 heteroatoms. The zero-order valence-electron chi connectivity index (χ0n) is 21.9. The number of fused-ring (bicyclic) bond motifs is 1. The Morgan fingerprint density at radius 2 is 1.85 bits per heavy atom. The topological polar surface area (TPSA) is 48.5 Å². The van der Waals surface area contributed by atoms with Crippen molar-refractivity contribution in [2.24, 2.45) is 0 Å². The Hall–Kier alpha value is -3.93. The number of likely N-dealkylation sites (N-methyl/N-ethyl adjacent to an activating group) is 1. The first-order valence-electron chi connectivity index (χ1n) is 12.9. The van der Waals surface area contributed by atoms with E-state index in [0.717, 1.165) is 48.0 Å². The van der Waals surface area contributed by atoms with Gasteiger partial charge in [0, 0.05) is 67.7 Å². The number of benzene rings is 2. The van der Waals surface area contributed by atoms with E-state index in [1.165, 1.54) is 12.1 Å². The molecule has 39 heavy (non-hydrogen) atoms. The van der Waals surface area contributed by atoms with Gasteiger partial charge < -0.3 is 10.2 Å². The van der Waals surface area contributed by atoms with Crippen LogP contribution in [0.25, 0.3) is 6.08 Å². The third-order valence-electron chi connectivity index (χ3n) is 7.12. The number of hydrogen-bond donors (Lipinski definition) is 1. The molecule has 0 atom stereocenters. The predicted molar refractivity (Wildman–Crippen MR) is 146 cm³/mol. The Labute approximate surface area is 226 Å². The number of piperazine rings is 1.